The van der Waals surface area contributed by atoms with Crippen molar-refractivity contribution in [3.05, 3.63) is 24.3 Å². The Balaban J connectivity index is 0.772. The highest BCUT2D eigenvalue weighted by molar-refractivity contribution is 8.13. The first-order valence-corrected chi connectivity index (χ1v) is 31.5. The van der Waals surface area contributed by atoms with Gasteiger partial charge in [0.2, 0.25) is 11.8 Å². The number of amides is 2. The number of aliphatic hydroxyl groups excluding tert-OH is 2. The predicted octanol–water partition coefficient (Wildman–Crippen LogP) is 1.91. The van der Waals surface area contributed by atoms with E-state index in [4.69, 9.17) is 10.5 Å². The summed E-state index contributed by atoms with van der Waals surface area (Å²) in [5.74, 6) is 0.651. The van der Waals surface area contributed by atoms with Gasteiger partial charge in [-0.3, -0.25) is 37.7 Å². The van der Waals surface area contributed by atoms with Gasteiger partial charge in [0.1, 0.15) is 42.0 Å². The van der Waals surface area contributed by atoms with E-state index in [-0.39, 0.29) is 69.8 Å². The summed E-state index contributed by atoms with van der Waals surface area (Å²) in [6.45, 7) is 8.63. The zero-order chi connectivity index (χ0) is 57.3. The molecule has 3 saturated carbocycles. The molecule has 0 radical (unpaired) electrons. The minimum absolute atomic E-state index is 0.0282. The molecule has 7 rings (SSSR count). The van der Waals surface area contributed by atoms with Crippen LogP contribution < -0.4 is 35.9 Å². The van der Waals surface area contributed by atoms with Gasteiger partial charge in [-0.15, -0.1) is 0 Å². The summed E-state index contributed by atoms with van der Waals surface area (Å²) >= 11 is 0.943. The van der Waals surface area contributed by atoms with Crippen LogP contribution in [0, 0.1) is 51.8 Å². The van der Waals surface area contributed by atoms with Crippen LogP contribution in [0.5, 0.6) is 0 Å². The van der Waals surface area contributed by atoms with Gasteiger partial charge < -0.3 is 69.0 Å². The van der Waals surface area contributed by atoms with Crippen molar-refractivity contribution in [1.29, 1.82) is 0 Å². The number of aromatic nitrogens is 4. The number of rotatable bonds is 25. The quantitative estimate of drug-likeness (QED) is 0.0538. The van der Waals surface area contributed by atoms with Gasteiger partial charge in [0.05, 0.1) is 33.3 Å². The maximum Gasteiger partial charge on any atom is 0.274 e. The van der Waals surface area contributed by atoms with Gasteiger partial charge in [-0.05, 0) is 105 Å². The number of ether oxygens (including phenoxy) is 1. The minimum Gasteiger partial charge on any atom is -0.790 e. The third-order valence-electron chi connectivity index (χ3n) is 17.1. The zero-order valence-electron chi connectivity index (χ0n) is 44.3. The number of carbonyl (C=O) groups is 5. The maximum atomic E-state index is 13.3. The number of nitrogen functional groups attached to an aromatic ring is 1. The maximum absolute atomic E-state index is 13.3. The minimum atomic E-state index is -5.95. The third kappa shape index (κ3) is 14.3. The SMILES string of the molecule is CC(C(=O)CCC(C)C1CCC2C3CCC4=CC(=O)CCC4(C)C3CCC12C)C(=O)SCCNC(=O)CCNC(=O)C(O)C(C)(C)COP(=O)([O-])OP(=O)([O-])OCC1OC(n2cnc3c(N)ncnc32)C(O)C1OP(=O)([O-])[O-]. The average Bonchev–Trinajstić information content (AvgIpc) is 4.22. The van der Waals surface area contributed by atoms with Crippen LogP contribution in [-0.2, 0) is 60.3 Å². The van der Waals surface area contributed by atoms with Gasteiger partial charge in [0.25, 0.3) is 15.6 Å². The molecule has 15 atom stereocenters. The number of anilines is 1. The molecule has 30 heteroatoms. The summed E-state index contributed by atoms with van der Waals surface area (Å²) in [6.07, 6.45) is 3.65. The molecule has 3 heterocycles. The van der Waals surface area contributed by atoms with Crippen molar-refractivity contribution < 1.29 is 90.1 Å². The topological polar surface area (TPSA) is 409 Å². The molecule has 78 heavy (non-hydrogen) atoms. The molecule has 436 valence electrons. The van der Waals surface area contributed by atoms with E-state index in [1.165, 1.54) is 32.3 Å². The number of carbonyl (C=O) groups excluding carboxylic acids is 5. The number of nitrogens with one attached hydrogen (secondary N) is 2. The number of hydrogen-bond donors (Lipinski definition) is 5. The molecule has 2 amide bonds. The van der Waals surface area contributed by atoms with Gasteiger partial charge in [-0.25, -0.2) is 19.3 Å². The van der Waals surface area contributed by atoms with E-state index in [2.05, 4.69) is 64.2 Å². The fourth-order valence-corrected chi connectivity index (χ4v) is 16.4. The first-order valence-electron chi connectivity index (χ1n) is 26.1. The van der Waals surface area contributed by atoms with Crippen molar-refractivity contribution in [3.8, 4) is 0 Å². The number of phosphoric ester groups is 3. The summed E-state index contributed by atoms with van der Waals surface area (Å²) in [4.78, 5) is 124. The smallest absolute Gasteiger partial charge is 0.274 e. The van der Waals surface area contributed by atoms with Gasteiger partial charge in [-0.2, -0.15) is 0 Å². The van der Waals surface area contributed by atoms with E-state index >= 15 is 0 Å². The van der Waals surface area contributed by atoms with E-state index in [1.54, 1.807) is 6.92 Å². The Kier molecular flexibility index (Phi) is 19.6. The zero-order valence-corrected chi connectivity index (χ0v) is 47.8. The standard InChI is InChI=1S/C48H74N7O19P3S/c1-26(31-10-11-32-30-9-8-28-21-29(56)13-16-47(28,5)33(30)14-17-48(31,32)6)7-12-34(57)27(2)45(62)78-20-19-50-36(58)15-18-51-43(61)40(60)46(3,4)23-71-77(68,69)74-76(66,67)70-22-35-39(73-75(63,64)65)38(59)44(72-35)55-25-54-37-41(49)52-24-53-42(37)55/h21,24-27,30-33,35,38-40,44,59-60H,7-20,22-23H2,1-6H3,(H,50,58)(H,51,61)(H,66,67)(H,68,69)(H2,49,52,53)(H2,63,64,65)/p-4. The predicted molar refractivity (Wildman–Crippen MR) is 271 cm³/mol. The van der Waals surface area contributed by atoms with E-state index in [0.717, 1.165) is 61.1 Å². The van der Waals surface area contributed by atoms with Crippen LogP contribution >= 0.6 is 35.2 Å². The number of fused-ring (bicyclic) bond motifs is 6. The Bertz CT molecular complexity index is 2760. The van der Waals surface area contributed by atoms with Crippen molar-refractivity contribution in [2.24, 2.45) is 51.8 Å². The molecule has 15 unspecified atom stereocenters. The van der Waals surface area contributed by atoms with Crippen molar-refractivity contribution in [2.45, 2.75) is 143 Å². The number of hydrogen-bond acceptors (Lipinski definition) is 24. The molecule has 6 N–H and O–H groups in total. The van der Waals surface area contributed by atoms with E-state index in [0.29, 0.717) is 48.9 Å². The van der Waals surface area contributed by atoms with Gasteiger partial charge in [0, 0.05) is 43.5 Å². The van der Waals surface area contributed by atoms with Crippen LogP contribution in [0.25, 0.3) is 11.2 Å². The summed E-state index contributed by atoms with van der Waals surface area (Å²) < 4.78 is 61.1. The van der Waals surface area contributed by atoms with Crippen molar-refractivity contribution in [3.63, 3.8) is 0 Å². The molecule has 0 bridgehead atoms. The number of phosphoric acid groups is 3. The lowest BCUT2D eigenvalue weighted by atomic mass is 9.46. The number of aliphatic hydroxyl groups is 2. The van der Waals surface area contributed by atoms with E-state index < -0.39 is 90.5 Å². The Morgan fingerprint density at radius 3 is 2.40 bits per heavy atom. The molecule has 26 nitrogen and oxygen atoms in total. The fraction of sp³-hybridized carbons (Fsp3) is 0.750. The van der Waals surface area contributed by atoms with E-state index in [9.17, 15) is 67.5 Å². The molecule has 2 aromatic rings. The van der Waals surface area contributed by atoms with Crippen LogP contribution in [-0.4, -0.2) is 115 Å². The Morgan fingerprint density at radius 1 is 0.962 bits per heavy atom. The second-order valence-corrected chi connectivity index (χ2v) is 27.7. The van der Waals surface area contributed by atoms with Crippen LogP contribution in [0.3, 0.4) is 0 Å². The second kappa shape index (κ2) is 24.6. The number of allylic oxidation sites excluding steroid dienone is 1. The lowest BCUT2D eigenvalue weighted by Crippen LogP contribution is -2.51. The van der Waals surface area contributed by atoms with Gasteiger partial charge in [0.15, 0.2) is 28.6 Å². The molecule has 1 saturated heterocycles. The van der Waals surface area contributed by atoms with E-state index in [1.807, 2.05) is 6.08 Å². The number of nitrogens with zero attached hydrogens (tertiary/aromatic N) is 4. The number of imidazole rings is 1. The van der Waals surface area contributed by atoms with Crippen molar-refractivity contribution >= 4 is 80.7 Å². The normalized spacial score (nSPS) is 30.9. The first-order chi connectivity index (χ1) is 36.4. The summed E-state index contributed by atoms with van der Waals surface area (Å²) in [6, 6.07) is 0. The molecule has 0 spiro atoms. The van der Waals surface area contributed by atoms with Gasteiger partial charge >= 0.3 is 0 Å². The number of ketones is 2. The highest BCUT2D eigenvalue weighted by Gasteiger charge is 2.59. The Hall–Kier alpha value is -3.36. The highest BCUT2D eigenvalue weighted by atomic mass is 32.2. The number of nitrogens with two attached hydrogens (primary N) is 1. The van der Waals surface area contributed by atoms with Crippen LogP contribution in [0.4, 0.5) is 5.82 Å². The molecule has 5 aliphatic rings. The summed E-state index contributed by atoms with van der Waals surface area (Å²) in [7, 11) is -17.7. The monoisotopic (exact) mass is 1170 g/mol. The Labute approximate surface area is 456 Å². The third-order valence-corrected chi connectivity index (χ3v) is 21.2. The second-order valence-electron chi connectivity index (χ2n) is 22.6. The molecular weight excluding hydrogens is 1100 g/mol. The molecular formula is C48H70N7O19P3S-4. The molecule has 1 aliphatic heterocycles. The molecule has 0 aromatic carbocycles. The van der Waals surface area contributed by atoms with Crippen molar-refractivity contribution in [2.75, 3.05) is 37.8 Å². The van der Waals surface area contributed by atoms with Crippen LogP contribution in [0.15, 0.2) is 24.3 Å². The largest absolute Gasteiger partial charge is 0.790 e. The van der Waals surface area contributed by atoms with Crippen LogP contribution in [0.2, 0.25) is 0 Å². The summed E-state index contributed by atoms with van der Waals surface area (Å²) in [5.41, 5.74) is 5.75. The molecule has 2 aromatic heterocycles. The average molecular weight is 1170 g/mol. The number of Topliss-reactive ketones (excluding diaryl/α,β-unsaturated/α-hetero) is 1. The first kappa shape index (κ1) is 62.2. The fourth-order valence-electron chi connectivity index (χ4n) is 12.8. The van der Waals surface area contributed by atoms with Crippen molar-refractivity contribution in [1.82, 2.24) is 30.2 Å². The lowest BCUT2D eigenvalue weighted by molar-refractivity contribution is -0.347. The van der Waals surface area contributed by atoms with Crippen LogP contribution in [0.1, 0.15) is 118 Å². The molecule has 4 fully saturated rings. The lowest BCUT2D eigenvalue weighted by Gasteiger charge is -2.58. The number of thioether (sulfide) groups is 1. The highest BCUT2D eigenvalue weighted by Crippen LogP contribution is 2.68. The van der Waals surface area contributed by atoms with Gasteiger partial charge in [-0.1, -0.05) is 52.0 Å². The molecule has 4 aliphatic carbocycles. The summed E-state index contributed by atoms with van der Waals surface area (Å²) in [5, 5.41) is 26.3. The Morgan fingerprint density at radius 2 is 1.68 bits per heavy atom.